The van der Waals surface area contributed by atoms with Crippen LogP contribution in [0.25, 0.3) is 0 Å². The van der Waals surface area contributed by atoms with Crippen LogP contribution in [0, 0.1) is 18.3 Å². The molecule has 8 heteroatoms. The van der Waals surface area contributed by atoms with E-state index in [9.17, 15) is 13.5 Å². The van der Waals surface area contributed by atoms with E-state index < -0.39 is 10.0 Å². The largest absolute Gasteiger partial charge is 0.396 e. The van der Waals surface area contributed by atoms with Gasteiger partial charge in [-0.2, -0.15) is 4.31 Å². The van der Waals surface area contributed by atoms with Crippen molar-refractivity contribution in [3.63, 3.8) is 0 Å². The molecule has 164 valence electrons. The molecule has 1 aromatic heterocycles. The van der Waals surface area contributed by atoms with Crippen molar-refractivity contribution in [1.29, 1.82) is 0 Å². The first-order valence-corrected chi connectivity index (χ1v) is 12.1. The number of aryl methyl sites for hydroxylation is 1. The van der Waals surface area contributed by atoms with E-state index in [0.29, 0.717) is 38.0 Å². The number of morpholine rings is 1. The lowest BCUT2D eigenvalue weighted by atomic mass is 9.87. The molecule has 1 aliphatic heterocycles. The lowest BCUT2D eigenvalue weighted by Gasteiger charge is -2.33. The zero-order valence-corrected chi connectivity index (χ0v) is 18.7. The SMILES string of the molecule is Cc1ccc(S(=O)(=O)N2CCOC(CC(C)C)C2)c(NCC2(CO)CCCC2)n1. The second-order valence-electron chi connectivity index (χ2n) is 9.00. The number of hydrogen-bond acceptors (Lipinski definition) is 6. The average molecular weight is 426 g/mol. The Morgan fingerprint density at radius 3 is 2.72 bits per heavy atom. The van der Waals surface area contributed by atoms with Gasteiger partial charge < -0.3 is 15.2 Å². The zero-order chi connectivity index (χ0) is 21.1. The molecule has 1 aromatic rings. The average Bonchev–Trinajstić information content (AvgIpc) is 3.15. The number of pyridine rings is 1. The fraction of sp³-hybridized carbons (Fsp3) is 0.762. The van der Waals surface area contributed by atoms with Crippen LogP contribution in [-0.2, 0) is 14.8 Å². The van der Waals surface area contributed by atoms with E-state index in [2.05, 4.69) is 24.1 Å². The van der Waals surface area contributed by atoms with Crippen molar-refractivity contribution in [2.75, 3.05) is 38.2 Å². The van der Waals surface area contributed by atoms with E-state index in [0.717, 1.165) is 37.8 Å². The van der Waals surface area contributed by atoms with E-state index >= 15 is 0 Å². The molecule has 0 bridgehead atoms. The first kappa shape index (κ1) is 22.5. The lowest BCUT2D eigenvalue weighted by molar-refractivity contribution is -0.0118. The van der Waals surface area contributed by atoms with Gasteiger partial charge in [0.05, 0.1) is 19.3 Å². The highest BCUT2D eigenvalue weighted by Crippen LogP contribution is 2.38. The molecule has 3 rings (SSSR count). The number of hydrogen-bond donors (Lipinski definition) is 2. The maximum Gasteiger partial charge on any atom is 0.246 e. The summed E-state index contributed by atoms with van der Waals surface area (Å²) in [6, 6.07) is 3.38. The molecular formula is C21H35N3O4S. The molecule has 1 saturated heterocycles. The fourth-order valence-corrected chi connectivity index (χ4v) is 5.94. The number of ether oxygens (including phenoxy) is 1. The number of sulfonamides is 1. The topological polar surface area (TPSA) is 91.8 Å². The molecule has 1 aliphatic carbocycles. The summed E-state index contributed by atoms with van der Waals surface area (Å²) in [6.07, 6.45) is 4.85. The minimum atomic E-state index is -3.68. The van der Waals surface area contributed by atoms with Crippen LogP contribution in [0.15, 0.2) is 17.0 Å². The van der Waals surface area contributed by atoms with E-state index in [1.165, 1.54) is 4.31 Å². The standard InChI is InChI=1S/C21H35N3O4S/c1-16(2)12-18-13-24(10-11-28-18)29(26,27)19-7-6-17(3)23-20(19)22-14-21(15-25)8-4-5-9-21/h6-7,16,18,25H,4-5,8-15H2,1-3H3,(H,22,23). The monoisotopic (exact) mass is 425 g/mol. The summed E-state index contributed by atoms with van der Waals surface area (Å²) >= 11 is 0. The first-order valence-electron chi connectivity index (χ1n) is 10.7. The molecule has 7 nitrogen and oxygen atoms in total. The summed E-state index contributed by atoms with van der Waals surface area (Å²) in [5.74, 6) is 0.832. The Labute approximate surface area is 174 Å². The van der Waals surface area contributed by atoms with Gasteiger partial charge in [-0.3, -0.25) is 0 Å². The minimum Gasteiger partial charge on any atom is -0.396 e. The van der Waals surface area contributed by atoms with E-state index in [1.807, 2.05) is 6.92 Å². The number of rotatable bonds is 8. The molecular weight excluding hydrogens is 390 g/mol. The fourth-order valence-electron chi connectivity index (χ4n) is 4.38. The van der Waals surface area contributed by atoms with Crippen LogP contribution in [0.4, 0.5) is 5.82 Å². The van der Waals surface area contributed by atoms with Crippen LogP contribution in [0.1, 0.15) is 51.6 Å². The van der Waals surface area contributed by atoms with Gasteiger partial charge in [0.25, 0.3) is 0 Å². The van der Waals surface area contributed by atoms with Crippen molar-refractivity contribution in [2.45, 2.75) is 63.9 Å². The Bertz CT molecular complexity index is 791. The lowest BCUT2D eigenvalue weighted by Crippen LogP contribution is -2.46. The first-order chi connectivity index (χ1) is 13.8. The number of anilines is 1. The number of aliphatic hydroxyl groups excluding tert-OH is 1. The molecule has 0 aromatic carbocycles. The van der Waals surface area contributed by atoms with Crippen molar-refractivity contribution >= 4 is 15.8 Å². The molecule has 29 heavy (non-hydrogen) atoms. The molecule has 2 fully saturated rings. The van der Waals surface area contributed by atoms with Gasteiger partial charge in [-0.15, -0.1) is 0 Å². The van der Waals surface area contributed by atoms with Gasteiger partial charge in [-0.25, -0.2) is 13.4 Å². The van der Waals surface area contributed by atoms with Crippen molar-refractivity contribution in [3.05, 3.63) is 17.8 Å². The van der Waals surface area contributed by atoms with Crippen LogP contribution in [0.2, 0.25) is 0 Å². The van der Waals surface area contributed by atoms with Crippen LogP contribution >= 0.6 is 0 Å². The maximum absolute atomic E-state index is 13.4. The van der Waals surface area contributed by atoms with Crippen LogP contribution < -0.4 is 5.32 Å². The van der Waals surface area contributed by atoms with Gasteiger partial charge >= 0.3 is 0 Å². The highest BCUT2D eigenvalue weighted by molar-refractivity contribution is 7.89. The Morgan fingerprint density at radius 1 is 1.34 bits per heavy atom. The number of aliphatic hydroxyl groups is 1. The molecule has 2 N–H and O–H groups in total. The Hall–Kier alpha value is -1.22. The Balaban J connectivity index is 1.81. The van der Waals surface area contributed by atoms with Gasteiger partial charge in [0.2, 0.25) is 10.0 Å². The Morgan fingerprint density at radius 2 is 2.07 bits per heavy atom. The molecule has 1 atom stereocenters. The summed E-state index contributed by atoms with van der Waals surface area (Å²) in [4.78, 5) is 4.71. The van der Waals surface area contributed by atoms with Crippen LogP contribution in [0.3, 0.4) is 0 Å². The smallest absolute Gasteiger partial charge is 0.246 e. The second-order valence-corrected chi connectivity index (χ2v) is 10.9. The maximum atomic E-state index is 13.4. The van der Waals surface area contributed by atoms with Crippen molar-refractivity contribution in [2.24, 2.45) is 11.3 Å². The highest BCUT2D eigenvalue weighted by Gasteiger charge is 2.36. The third-order valence-electron chi connectivity index (χ3n) is 6.08. The van der Waals surface area contributed by atoms with Gasteiger partial charge in [-0.05, 0) is 44.2 Å². The minimum absolute atomic E-state index is 0.0792. The predicted octanol–water partition coefficient (Wildman–Crippen LogP) is 2.79. The van der Waals surface area contributed by atoms with Crippen LogP contribution in [-0.4, -0.2) is 61.8 Å². The van der Waals surface area contributed by atoms with E-state index in [4.69, 9.17) is 4.74 Å². The molecule has 0 amide bonds. The molecule has 0 spiro atoms. The van der Waals surface area contributed by atoms with E-state index in [-0.39, 0.29) is 23.0 Å². The molecule has 2 heterocycles. The highest BCUT2D eigenvalue weighted by atomic mass is 32.2. The quantitative estimate of drug-likeness (QED) is 0.665. The van der Waals surface area contributed by atoms with Crippen molar-refractivity contribution in [1.82, 2.24) is 9.29 Å². The summed E-state index contributed by atoms with van der Waals surface area (Å²) in [7, 11) is -3.68. The normalized spacial score (nSPS) is 22.9. The summed E-state index contributed by atoms with van der Waals surface area (Å²) < 4.78 is 34.2. The summed E-state index contributed by atoms with van der Waals surface area (Å²) in [5.41, 5.74) is 0.573. The number of aromatic nitrogens is 1. The third kappa shape index (κ3) is 5.29. The van der Waals surface area contributed by atoms with Gasteiger partial charge in [0, 0.05) is 30.7 Å². The van der Waals surface area contributed by atoms with Crippen molar-refractivity contribution in [3.8, 4) is 0 Å². The molecule has 1 saturated carbocycles. The van der Waals surface area contributed by atoms with Crippen LogP contribution in [0.5, 0.6) is 0 Å². The van der Waals surface area contributed by atoms with Gasteiger partial charge in [0.15, 0.2) is 0 Å². The van der Waals surface area contributed by atoms with Crippen molar-refractivity contribution < 1.29 is 18.3 Å². The summed E-state index contributed by atoms with van der Waals surface area (Å²) in [6.45, 7) is 7.85. The predicted molar refractivity (Wildman–Crippen MR) is 113 cm³/mol. The molecule has 2 aliphatic rings. The summed E-state index contributed by atoms with van der Waals surface area (Å²) in [5, 5.41) is 13.2. The van der Waals surface area contributed by atoms with Gasteiger partial charge in [0.1, 0.15) is 10.7 Å². The molecule has 0 radical (unpaired) electrons. The number of nitrogens with zero attached hydrogens (tertiary/aromatic N) is 2. The van der Waals surface area contributed by atoms with Gasteiger partial charge in [-0.1, -0.05) is 26.7 Å². The second kappa shape index (κ2) is 9.29. The zero-order valence-electron chi connectivity index (χ0n) is 17.9. The number of nitrogens with one attached hydrogen (secondary N) is 1. The van der Waals surface area contributed by atoms with E-state index in [1.54, 1.807) is 12.1 Å². The Kier molecular flexibility index (Phi) is 7.19. The molecule has 1 unspecified atom stereocenters. The third-order valence-corrected chi connectivity index (χ3v) is 7.98.